The zero-order chi connectivity index (χ0) is 14.8. The quantitative estimate of drug-likeness (QED) is 0.868. The molecule has 0 saturated heterocycles. The van der Waals surface area contributed by atoms with Crippen molar-refractivity contribution >= 4 is 20.0 Å². The molecular weight excluding hydrogens is 288 g/mol. The topological polar surface area (TPSA) is 97.5 Å². The van der Waals surface area contributed by atoms with Gasteiger partial charge in [0.2, 0.25) is 20.0 Å². The van der Waals surface area contributed by atoms with E-state index < -0.39 is 20.0 Å². The van der Waals surface area contributed by atoms with E-state index in [1.165, 1.54) is 29.6 Å². The van der Waals surface area contributed by atoms with Gasteiger partial charge in [-0.15, -0.1) is 0 Å². The molecule has 1 aromatic rings. The summed E-state index contributed by atoms with van der Waals surface area (Å²) in [7, 11) is -6.17. The normalized spacial score (nSPS) is 14.6. The van der Waals surface area contributed by atoms with E-state index in [0.29, 0.717) is 6.42 Å². The van der Waals surface area contributed by atoms with Crippen molar-refractivity contribution in [3.63, 3.8) is 0 Å². The van der Waals surface area contributed by atoms with E-state index in [2.05, 4.69) is 0 Å². The van der Waals surface area contributed by atoms with E-state index >= 15 is 0 Å². The van der Waals surface area contributed by atoms with Crippen LogP contribution < -0.4 is 5.14 Å². The van der Waals surface area contributed by atoms with Gasteiger partial charge in [0.1, 0.15) is 0 Å². The average molecular weight is 306 g/mol. The van der Waals surface area contributed by atoms with Crippen molar-refractivity contribution in [2.45, 2.75) is 36.1 Å². The zero-order valence-corrected chi connectivity index (χ0v) is 12.7. The van der Waals surface area contributed by atoms with Crippen LogP contribution in [0, 0.1) is 0 Å². The summed E-state index contributed by atoms with van der Waals surface area (Å²) in [5.74, 6) is 0. The van der Waals surface area contributed by atoms with Crippen molar-refractivity contribution in [3.05, 3.63) is 24.3 Å². The fourth-order valence-corrected chi connectivity index (χ4v) is 3.59. The standard InChI is InChI=1S/C11H18N2O4S2/c1-4-9(2)13(3)19(16,17)11-7-5-6-10(8-11)18(12,14)15/h5-9H,4H2,1-3H3,(H2,12,14,15)/t9-/m1/s1. The molecule has 6 nitrogen and oxygen atoms in total. The van der Waals surface area contributed by atoms with Crippen molar-refractivity contribution in [1.82, 2.24) is 4.31 Å². The van der Waals surface area contributed by atoms with Crippen molar-refractivity contribution in [2.24, 2.45) is 5.14 Å². The van der Waals surface area contributed by atoms with Crippen LogP contribution in [0.1, 0.15) is 20.3 Å². The molecule has 8 heteroatoms. The fourth-order valence-electron chi connectivity index (χ4n) is 1.47. The zero-order valence-electron chi connectivity index (χ0n) is 11.1. The Kier molecular flexibility index (Phi) is 4.72. The van der Waals surface area contributed by atoms with Crippen molar-refractivity contribution in [3.8, 4) is 0 Å². The summed E-state index contributed by atoms with van der Waals surface area (Å²) in [6.07, 6.45) is 0.657. The van der Waals surface area contributed by atoms with Gasteiger partial charge in [-0.2, -0.15) is 4.31 Å². The van der Waals surface area contributed by atoms with Crippen LogP contribution in [0.25, 0.3) is 0 Å². The molecule has 0 aliphatic rings. The van der Waals surface area contributed by atoms with Crippen LogP contribution in [-0.2, 0) is 20.0 Å². The number of benzene rings is 1. The molecule has 0 heterocycles. The predicted molar refractivity (Wildman–Crippen MR) is 72.5 cm³/mol. The Labute approximate surface area is 114 Å². The third-order valence-electron chi connectivity index (χ3n) is 3.02. The summed E-state index contributed by atoms with van der Waals surface area (Å²) >= 11 is 0. The largest absolute Gasteiger partial charge is 0.243 e. The highest BCUT2D eigenvalue weighted by Gasteiger charge is 2.25. The predicted octanol–water partition coefficient (Wildman–Crippen LogP) is 0.753. The Morgan fingerprint density at radius 1 is 1.21 bits per heavy atom. The lowest BCUT2D eigenvalue weighted by Crippen LogP contribution is -2.34. The molecule has 0 saturated carbocycles. The van der Waals surface area contributed by atoms with Gasteiger partial charge in [0, 0.05) is 13.1 Å². The highest BCUT2D eigenvalue weighted by Crippen LogP contribution is 2.20. The molecule has 1 rings (SSSR count). The Hall–Kier alpha value is -0.960. The number of nitrogens with two attached hydrogens (primary N) is 1. The Bertz CT molecular complexity index is 653. The molecule has 0 amide bonds. The highest BCUT2D eigenvalue weighted by atomic mass is 32.2. The van der Waals surface area contributed by atoms with E-state index in [4.69, 9.17) is 5.14 Å². The second kappa shape index (κ2) is 5.58. The first-order valence-electron chi connectivity index (χ1n) is 5.71. The molecule has 0 aliphatic heterocycles. The molecule has 1 aromatic carbocycles. The molecule has 0 aliphatic carbocycles. The number of hydrogen-bond acceptors (Lipinski definition) is 4. The number of nitrogens with zero attached hydrogens (tertiary/aromatic N) is 1. The molecule has 0 radical (unpaired) electrons. The van der Waals surface area contributed by atoms with Gasteiger partial charge >= 0.3 is 0 Å². The minimum atomic E-state index is -3.92. The summed E-state index contributed by atoms with van der Waals surface area (Å²) in [6.45, 7) is 3.65. The second-order valence-corrected chi connectivity index (χ2v) is 7.86. The van der Waals surface area contributed by atoms with Gasteiger partial charge in [0.05, 0.1) is 9.79 Å². The summed E-state index contributed by atoms with van der Waals surface area (Å²) in [5, 5.41) is 4.99. The summed E-state index contributed by atoms with van der Waals surface area (Å²) in [6, 6.07) is 4.87. The van der Waals surface area contributed by atoms with Crippen molar-refractivity contribution in [1.29, 1.82) is 0 Å². The van der Waals surface area contributed by atoms with Gasteiger partial charge in [-0.3, -0.25) is 0 Å². The third kappa shape index (κ3) is 3.53. The molecule has 108 valence electrons. The number of primary sulfonamides is 1. The number of sulfonamides is 2. The monoisotopic (exact) mass is 306 g/mol. The van der Waals surface area contributed by atoms with Gasteiger partial charge < -0.3 is 0 Å². The molecule has 2 N–H and O–H groups in total. The molecule has 0 fully saturated rings. The Balaban J connectivity index is 3.31. The van der Waals surface area contributed by atoms with Crippen LogP contribution in [0.4, 0.5) is 0 Å². The van der Waals surface area contributed by atoms with Gasteiger partial charge in [0.15, 0.2) is 0 Å². The molecule has 0 bridgehead atoms. The van der Waals surface area contributed by atoms with E-state index in [1.807, 2.05) is 6.92 Å². The smallest absolute Gasteiger partial charge is 0.225 e. The highest BCUT2D eigenvalue weighted by molar-refractivity contribution is 7.90. The van der Waals surface area contributed by atoms with Crippen LogP contribution in [-0.4, -0.2) is 34.2 Å². The van der Waals surface area contributed by atoms with E-state index in [1.54, 1.807) is 6.92 Å². The van der Waals surface area contributed by atoms with Gasteiger partial charge in [-0.25, -0.2) is 22.0 Å². The minimum absolute atomic E-state index is 0.0816. The lowest BCUT2D eigenvalue weighted by atomic mass is 10.3. The Morgan fingerprint density at radius 2 is 1.74 bits per heavy atom. The third-order valence-corrected chi connectivity index (χ3v) is 5.90. The molecular formula is C11H18N2O4S2. The maximum absolute atomic E-state index is 12.3. The summed E-state index contributed by atoms with van der Waals surface area (Å²) < 4.78 is 48.3. The fraction of sp³-hybridized carbons (Fsp3) is 0.455. The molecule has 0 spiro atoms. The van der Waals surface area contributed by atoms with Crippen molar-refractivity contribution < 1.29 is 16.8 Å². The average Bonchev–Trinajstić information content (AvgIpc) is 2.36. The lowest BCUT2D eigenvalue weighted by molar-refractivity contribution is 0.380. The lowest BCUT2D eigenvalue weighted by Gasteiger charge is -2.23. The van der Waals surface area contributed by atoms with E-state index in [-0.39, 0.29) is 15.8 Å². The number of hydrogen-bond donors (Lipinski definition) is 1. The number of rotatable bonds is 5. The molecule has 0 aromatic heterocycles. The van der Waals surface area contributed by atoms with E-state index in [9.17, 15) is 16.8 Å². The van der Waals surface area contributed by atoms with Crippen LogP contribution >= 0.6 is 0 Å². The maximum atomic E-state index is 12.3. The van der Waals surface area contributed by atoms with Gasteiger partial charge in [0.25, 0.3) is 0 Å². The first-order valence-corrected chi connectivity index (χ1v) is 8.70. The summed E-state index contributed by atoms with van der Waals surface area (Å²) in [5.41, 5.74) is 0. The van der Waals surface area contributed by atoms with Gasteiger partial charge in [-0.05, 0) is 31.5 Å². The van der Waals surface area contributed by atoms with Crippen LogP contribution in [0.5, 0.6) is 0 Å². The molecule has 0 unspecified atom stereocenters. The minimum Gasteiger partial charge on any atom is -0.225 e. The first kappa shape index (κ1) is 16.1. The molecule has 1 atom stereocenters. The van der Waals surface area contributed by atoms with Crippen molar-refractivity contribution in [2.75, 3.05) is 7.05 Å². The van der Waals surface area contributed by atoms with E-state index in [0.717, 1.165) is 6.07 Å². The Morgan fingerprint density at radius 3 is 2.21 bits per heavy atom. The second-order valence-electron chi connectivity index (χ2n) is 4.30. The SMILES string of the molecule is CC[C@@H](C)N(C)S(=O)(=O)c1cccc(S(N)(=O)=O)c1. The van der Waals surface area contributed by atoms with Crippen LogP contribution in [0.15, 0.2) is 34.1 Å². The van der Waals surface area contributed by atoms with Crippen LogP contribution in [0.3, 0.4) is 0 Å². The summed E-state index contributed by atoms with van der Waals surface area (Å²) in [4.78, 5) is -0.298. The maximum Gasteiger partial charge on any atom is 0.243 e. The molecule has 19 heavy (non-hydrogen) atoms. The first-order chi connectivity index (χ1) is 8.60. The van der Waals surface area contributed by atoms with Crippen LogP contribution in [0.2, 0.25) is 0 Å². The van der Waals surface area contributed by atoms with Gasteiger partial charge in [-0.1, -0.05) is 13.0 Å².